The monoisotopic (exact) mass is 286 g/mol. The van der Waals surface area contributed by atoms with Crippen molar-refractivity contribution < 1.29 is 4.79 Å². The van der Waals surface area contributed by atoms with Gasteiger partial charge in [-0.25, -0.2) is 0 Å². The first kappa shape index (κ1) is 16.8. The summed E-state index contributed by atoms with van der Waals surface area (Å²) >= 11 is 2.13. The average molecular weight is 286 g/mol. The molecule has 4 heteroatoms. The van der Waals surface area contributed by atoms with Crippen LogP contribution in [0.5, 0.6) is 0 Å². The van der Waals surface area contributed by atoms with Gasteiger partial charge in [-0.2, -0.15) is 11.8 Å². The highest BCUT2D eigenvalue weighted by molar-refractivity contribution is 7.99. The molecule has 3 unspecified atom stereocenters. The molecule has 0 bridgehead atoms. The van der Waals surface area contributed by atoms with Gasteiger partial charge >= 0.3 is 0 Å². The molecule has 1 aliphatic carbocycles. The fraction of sp³-hybridized carbons (Fsp3) is 0.933. The summed E-state index contributed by atoms with van der Waals surface area (Å²) in [4.78, 5) is 11.4. The predicted octanol–water partition coefficient (Wildman–Crippen LogP) is 2.93. The van der Waals surface area contributed by atoms with Crippen LogP contribution < -0.4 is 11.1 Å². The topological polar surface area (TPSA) is 55.1 Å². The van der Waals surface area contributed by atoms with Gasteiger partial charge in [0.15, 0.2) is 0 Å². The molecular weight excluding hydrogens is 256 g/mol. The summed E-state index contributed by atoms with van der Waals surface area (Å²) in [5, 5.41) is 3.91. The van der Waals surface area contributed by atoms with E-state index in [1.54, 1.807) is 0 Å². The maximum Gasteiger partial charge on any atom is 0.237 e. The van der Waals surface area contributed by atoms with Gasteiger partial charge < -0.3 is 11.1 Å². The second-order valence-electron chi connectivity index (χ2n) is 6.17. The van der Waals surface area contributed by atoms with Gasteiger partial charge in [0, 0.05) is 5.25 Å². The quantitative estimate of drug-likeness (QED) is 0.675. The summed E-state index contributed by atoms with van der Waals surface area (Å²) in [6.07, 6.45) is 8.68. The first-order chi connectivity index (χ1) is 8.98. The molecule has 0 saturated heterocycles. The number of hydrogen-bond donors (Lipinski definition) is 2. The molecule has 19 heavy (non-hydrogen) atoms. The summed E-state index contributed by atoms with van der Waals surface area (Å²) in [6.45, 7) is 4.27. The van der Waals surface area contributed by atoms with Gasteiger partial charge in [0.25, 0.3) is 0 Å². The molecule has 0 spiro atoms. The maximum atomic E-state index is 11.4. The van der Waals surface area contributed by atoms with Crippen molar-refractivity contribution in [2.24, 2.45) is 11.7 Å². The number of amides is 1. The Kier molecular flexibility index (Phi) is 7.22. The third-order valence-corrected chi connectivity index (χ3v) is 5.83. The Hall–Kier alpha value is -0.220. The van der Waals surface area contributed by atoms with Crippen molar-refractivity contribution >= 4 is 17.7 Å². The van der Waals surface area contributed by atoms with E-state index in [0.717, 1.165) is 24.0 Å². The third kappa shape index (κ3) is 5.74. The van der Waals surface area contributed by atoms with Crippen molar-refractivity contribution in [3.63, 3.8) is 0 Å². The van der Waals surface area contributed by atoms with Gasteiger partial charge in [0.05, 0.1) is 5.54 Å². The molecule has 0 aromatic carbocycles. The summed E-state index contributed by atoms with van der Waals surface area (Å²) < 4.78 is 0. The van der Waals surface area contributed by atoms with Gasteiger partial charge in [-0.15, -0.1) is 0 Å². The van der Waals surface area contributed by atoms with Crippen molar-refractivity contribution in [3.05, 3.63) is 0 Å². The van der Waals surface area contributed by atoms with Crippen molar-refractivity contribution in [2.75, 3.05) is 12.8 Å². The number of likely N-dealkylation sites (N-methyl/N-ethyl adjacent to an activating group) is 1. The van der Waals surface area contributed by atoms with E-state index in [4.69, 9.17) is 5.73 Å². The van der Waals surface area contributed by atoms with Crippen LogP contribution in [0.15, 0.2) is 0 Å². The molecule has 0 radical (unpaired) electrons. The van der Waals surface area contributed by atoms with E-state index in [2.05, 4.69) is 24.0 Å². The van der Waals surface area contributed by atoms with Gasteiger partial charge in [0.1, 0.15) is 0 Å². The Bertz CT molecular complexity index is 285. The van der Waals surface area contributed by atoms with Crippen molar-refractivity contribution in [1.82, 2.24) is 5.32 Å². The van der Waals surface area contributed by atoms with E-state index < -0.39 is 5.54 Å². The molecule has 3 N–H and O–H groups in total. The lowest BCUT2D eigenvalue weighted by Gasteiger charge is -2.27. The number of carbonyl (C=O) groups excluding carboxylic acids is 1. The van der Waals surface area contributed by atoms with Crippen LogP contribution in [-0.2, 0) is 4.79 Å². The zero-order chi connectivity index (χ0) is 14.3. The Morgan fingerprint density at radius 3 is 2.74 bits per heavy atom. The standard InChI is InChI=1S/C15H30N2OS/c1-12-7-6-8-13(11-12)19-10-5-4-9-15(2,17-3)14(16)18/h12-13,17H,4-11H2,1-3H3,(H2,16,18). The molecule has 3 atom stereocenters. The van der Waals surface area contributed by atoms with Crippen LogP contribution >= 0.6 is 11.8 Å². The Labute approximate surface area is 122 Å². The fourth-order valence-corrected chi connectivity index (χ4v) is 4.23. The van der Waals surface area contributed by atoms with Crippen LogP contribution in [-0.4, -0.2) is 29.5 Å². The minimum absolute atomic E-state index is 0.247. The van der Waals surface area contributed by atoms with E-state index in [1.165, 1.54) is 37.9 Å². The molecule has 112 valence electrons. The molecule has 1 rings (SSSR count). The SMILES string of the molecule is CNC(C)(CCCCSC1CCCC(C)C1)C(N)=O. The van der Waals surface area contributed by atoms with Gasteiger partial charge in [-0.1, -0.05) is 26.2 Å². The number of carbonyl (C=O) groups is 1. The molecule has 1 amide bonds. The summed E-state index contributed by atoms with van der Waals surface area (Å²) in [5.41, 5.74) is 4.88. The van der Waals surface area contributed by atoms with Gasteiger partial charge in [0.2, 0.25) is 5.91 Å². The number of primary amides is 1. The Morgan fingerprint density at radius 1 is 1.42 bits per heavy atom. The smallest absolute Gasteiger partial charge is 0.237 e. The summed E-state index contributed by atoms with van der Waals surface area (Å²) in [6, 6.07) is 0. The third-order valence-electron chi connectivity index (χ3n) is 4.41. The number of nitrogens with two attached hydrogens (primary N) is 1. The van der Waals surface area contributed by atoms with E-state index in [9.17, 15) is 4.79 Å². The maximum absolute atomic E-state index is 11.4. The lowest BCUT2D eigenvalue weighted by Crippen LogP contribution is -2.51. The largest absolute Gasteiger partial charge is 0.368 e. The zero-order valence-corrected chi connectivity index (χ0v) is 13.5. The number of nitrogens with one attached hydrogen (secondary N) is 1. The van der Waals surface area contributed by atoms with Crippen LogP contribution in [0.4, 0.5) is 0 Å². The zero-order valence-electron chi connectivity index (χ0n) is 12.7. The number of hydrogen-bond acceptors (Lipinski definition) is 3. The Balaban J connectivity index is 2.12. The summed E-state index contributed by atoms with van der Waals surface area (Å²) in [7, 11) is 1.81. The highest BCUT2D eigenvalue weighted by Gasteiger charge is 2.28. The van der Waals surface area contributed by atoms with E-state index in [1.807, 2.05) is 14.0 Å². The summed E-state index contributed by atoms with van der Waals surface area (Å²) in [5.74, 6) is 1.88. The van der Waals surface area contributed by atoms with Gasteiger partial charge in [-0.05, 0) is 51.3 Å². The lowest BCUT2D eigenvalue weighted by atomic mass is 9.91. The molecule has 0 aromatic heterocycles. The molecule has 3 nitrogen and oxygen atoms in total. The lowest BCUT2D eigenvalue weighted by molar-refractivity contribution is -0.123. The molecule has 0 aromatic rings. The highest BCUT2D eigenvalue weighted by Crippen LogP contribution is 2.32. The van der Waals surface area contributed by atoms with Crippen molar-refractivity contribution in [3.8, 4) is 0 Å². The second-order valence-corrected chi connectivity index (χ2v) is 7.58. The van der Waals surface area contributed by atoms with E-state index in [-0.39, 0.29) is 5.91 Å². The van der Waals surface area contributed by atoms with Crippen molar-refractivity contribution in [2.45, 2.75) is 69.6 Å². The van der Waals surface area contributed by atoms with Crippen LogP contribution in [0, 0.1) is 5.92 Å². The molecule has 0 heterocycles. The number of unbranched alkanes of at least 4 members (excludes halogenated alkanes) is 1. The molecule has 1 aliphatic rings. The van der Waals surface area contributed by atoms with Gasteiger partial charge in [-0.3, -0.25) is 4.79 Å². The molecular formula is C15H30N2OS. The van der Waals surface area contributed by atoms with Crippen LogP contribution in [0.1, 0.15) is 58.8 Å². The minimum atomic E-state index is -0.538. The number of rotatable bonds is 8. The Morgan fingerprint density at radius 2 is 2.16 bits per heavy atom. The second kappa shape index (κ2) is 8.15. The minimum Gasteiger partial charge on any atom is -0.368 e. The van der Waals surface area contributed by atoms with Crippen LogP contribution in [0.25, 0.3) is 0 Å². The molecule has 0 aliphatic heterocycles. The van der Waals surface area contributed by atoms with Crippen molar-refractivity contribution in [1.29, 1.82) is 0 Å². The first-order valence-corrected chi connectivity index (χ1v) is 8.63. The van der Waals surface area contributed by atoms with Crippen LogP contribution in [0.3, 0.4) is 0 Å². The normalized spacial score (nSPS) is 26.9. The predicted molar refractivity (Wildman–Crippen MR) is 84.4 cm³/mol. The van der Waals surface area contributed by atoms with Crippen LogP contribution in [0.2, 0.25) is 0 Å². The number of thioether (sulfide) groups is 1. The molecule has 1 fully saturated rings. The van der Waals surface area contributed by atoms with E-state index >= 15 is 0 Å². The fourth-order valence-electron chi connectivity index (χ4n) is 2.73. The molecule has 1 saturated carbocycles. The highest BCUT2D eigenvalue weighted by atomic mass is 32.2. The van der Waals surface area contributed by atoms with E-state index in [0.29, 0.717) is 0 Å². The average Bonchev–Trinajstić information content (AvgIpc) is 2.38. The first-order valence-electron chi connectivity index (χ1n) is 7.58.